The average Bonchev–Trinajstić information content (AvgIpc) is 2.68. The summed E-state index contributed by atoms with van der Waals surface area (Å²) in [7, 11) is 0. The number of nitrogens with one attached hydrogen (secondary N) is 1. The second-order valence-corrected chi connectivity index (χ2v) is 7.93. The van der Waals surface area contributed by atoms with Gasteiger partial charge in [0.05, 0.1) is 29.4 Å². The number of nitrogens with zero attached hydrogens (tertiary/aromatic N) is 4. The Bertz CT molecular complexity index is 830. The predicted molar refractivity (Wildman–Crippen MR) is 106 cm³/mol. The van der Waals surface area contributed by atoms with Crippen molar-refractivity contribution in [1.82, 2.24) is 14.9 Å². The molecular formula is C21H27N5O. The number of aromatic nitrogens is 2. The lowest BCUT2D eigenvalue weighted by Gasteiger charge is -2.43. The predicted octanol–water partition coefficient (Wildman–Crippen LogP) is 3.33. The van der Waals surface area contributed by atoms with Gasteiger partial charge in [0.2, 0.25) is 0 Å². The number of hydrogen-bond acceptors (Lipinski definition) is 6. The fourth-order valence-electron chi connectivity index (χ4n) is 4.54. The number of nitriles is 1. The van der Waals surface area contributed by atoms with Crippen LogP contribution in [-0.2, 0) is 4.74 Å². The van der Waals surface area contributed by atoms with Crippen LogP contribution in [0.5, 0.6) is 0 Å². The molecule has 1 aliphatic carbocycles. The van der Waals surface area contributed by atoms with Crippen molar-refractivity contribution in [3.05, 3.63) is 30.1 Å². The molecule has 0 unspecified atom stereocenters. The van der Waals surface area contributed by atoms with E-state index in [0.29, 0.717) is 29.9 Å². The third kappa shape index (κ3) is 4.05. The summed E-state index contributed by atoms with van der Waals surface area (Å²) in [6, 6.07) is 8.84. The highest BCUT2D eigenvalue weighted by Gasteiger charge is 2.31. The van der Waals surface area contributed by atoms with E-state index in [0.717, 1.165) is 42.7 Å². The van der Waals surface area contributed by atoms with Crippen molar-refractivity contribution in [3.8, 4) is 6.07 Å². The van der Waals surface area contributed by atoms with Crippen LogP contribution in [0.15, 0.2) is 24.5 Å². The zero-order valence-electron chi connectivity index (χ0n) is 16.1. The molecule has 2 atom stereocenters. The lowest BCUT2D eigenvalue weighted by atomic mass is 9.89. The summed E-state index contributed by atoms with van der Waals surface area (Å²) in [6.07, 6.45) is 6.91. The number of anilines is 1. The van der Waals surface area contributed by atoms with E-state index in [1.165, 1.54) is 12.8 Å². The molecular weight excluding hydrogens is 338 g/mol. The SMILES string of the molecule is C[C@@H]1CN([C@H]2CC[C@H](Nc3ncnc4ccc(C#N)cc34)CC2)C[C@H](C)O1. The summed E-state index contributed by atoms with van der Waals surface area (Å²) in [5.74, 6) is 0.842. The highest BCUT2D eigenvalue weighted by atomic mass is 16.5. The summed E-state index contributed by atoms with van der Waals surface area (Å²) in [4.78, 5) is 11.4. The van der Waals surface area contributed by atoms with Gasteiger partial charge in [0.15, 0.2) is 0 Å². The second-order valence-electron chi connectivity index (χ2n) is 7.93. The first-order valence-electron chi connectivity index (χ1n) is 9.93. The van der Waals surface area contributed by atoms with Crippen LogP contribution in [0.25, 0.3) is 10.9 Å². The number of ether oxygens (including phenoxy) is 1. The second kappa shape index (κ2) is 7.79. The molecule has 6 nitrogen and oxygen atoms in total. The number of morpholine rings is 1. The lowest BCUT2D eigenvalue weighted by Crippen LogP contribution is -2.51. The van der Waals surface area contributed by atoms with Crippen LogP contribution in [0.1, 0.15) is 45.1 Å². The maximum atomic E-state index is 9.17. The highest BCUT2D eigenvalue weighted by molar-refractivity contribution is 5.89. The summed E-state index contributed by atoms with van der Waals surface area (Å²) < 4.78 is 5.88. The minimum Gasteiger partial charge on any atom is -0.373 e. The van der Waals surface area contributed by atoms with Crippen molar-refractivity contribution in [1.29, 1.82) is 5.26 Å². The molecule has 0 radical (unpaired) electrons. The normalized spacial score (nSPS) is 29.4. The van der Waals surface area contributed by atoms with Gasteiger partial charge in [-0.2, -0.15) is 5.26 Å². The van der Waals surface area contributed by atoms with E-state index in [1.807, 2.05) is 12.1 Å². The van der Waals surface area contributed by atoms with Gasteiger partial charge in [-0.25, -0.2) is 9.97 Å². The van der Waals surface area contributed by atoms with Crippen LogP contribution in [0.3, 0.4) is 0 Å². The van der Waals surface area contributed by atoms with Gasteiger partial charge in [0.25, 0.3) is 0 Å². The van der Waals surface area contributed by atoms with Crippen LogP contribution in [-0.4, -0.2) is 52.2 Å². The minimum absolute atomic E-state index is 0.325. The van der Waals surface area contributed by atoms with Gasteiger partial charge in [-0.15, -0.1) is 0 Å². The molecule has 0 amide bonds. The third-order valence-electron chi connectivity index (χ3n) is 5.77. The quantitative estimate of drug-likeness (QED) is 0.899. The first kappa shape index (κ1) is 18.1. The highest BCUT2D eigenvalue weighted by Crippen LogP contribution is 2.29. The summed E-state index contributed by atoms with van der Waals surface area (Å²) in [6.45, 7) is 6.43. The smallest absolute Gasteiger partial charge is 0.137 e. The Morgan fingerprint density at radius 1 is 1.11 bits per heavy atom. The molecule has 2 fully saturated rings. The Balaban J connectivity index is 1.41. The molecule has 0 spiro atoms. The van der Waals surface area contributed by atoms with Gasteiger partial charge in [-0.1, -0.05) is 0 Å². The fraction of sp³-hybridized carbons (Fsp3) is 0.571. The number of hydrogen-bond donors (Lipinski definition) is 1. The van der Waals surface area contributed by atoms with E-state index in [4.69, 9.17) is 4.74 Å². The van der Waals surface area contributed by atoms with Crippen molar-refractivity contribution >= 4 is 16.7 Å². The van der Waals surface area contributed by atoms with Crippen molar-refractivity contribution < 1.29 is 4.74 Å². The van der Waals surface area contributed by atoms with Gasteiger partial charge in [-0.05, 0) is 57.7 Å². The summed E-state index contributed by atoms with van der Waals surface area (Å²) in [5, 5.41) is 13.7. The van der Waals surface area contributed by atoms with Crippen molar-refractivity contribution in [2.24, 2.45) is 0 Å². The van der Waals surface area contributed by atoms with E-state index in [1.54, 1.807) is 12.4 Å². The van der Waals surface area contributed by atoms with Crippen LogP contribution < -0.4 is 5.32 Å². The maximum Gasteiger partial charge on any atom is 0.137 e. The minimum atomic E-state index is 0.325. The molecule has 1 aromatic carbocycles. The Morgan fingerprint density at radius 3 is 2.56 bits per heavy atom. The van der Waals surface area contributed by atoms with E-state index in [9.17, 15) is 5.26 Å². The third-order valence-corrected chi connectivity index (χ3v) is 5.77. The molecule has 2 aromatic rings. The molecule has 27 heavy (non-hydrogen) atoms. The maximum absolute atomic E-state index is 9.17. The Labute approximate surface area is 160 Å². The van der Waals surface area contributed by atoms with Gasteiger partial charge >= 0.3 is 0 Å². The van der Waals surface area contributed by atoms with E-state index in [2.05, 4.69) is 40.1 Å². The molecule has 1 aliphatic heterocycles. The zero-order valence-corrected chi connectivity index (χ0v) is 16.1. The first-order valence-corrected chi connectivity index (χ1v) is 9.93. The van der Waals surface area contributed by atoms with Crippen LogP contribution >= 0.6 is 0 Å². The number of benzene rings is 1. The number of fused-ring (bicyclic) bond motifs is 1. The van der Waals surface area contributed by atoms with Gasteiger partial charge < -0.3 is 10.1 Å². The number of rotatable bonds is 3. The van der Waals surface area contributed by atoms with Crippen LogP contribution in [0.4, 0.5) is 5.82 Å². The zero-order chi connectivity index (χ0) is 18.8. The molecule has 1 saturated carbocycles. The van der Waals surface area contributed by atoms with Gasteiger partial charge in [0.1, 0.15) is 12.1 Å². The molecule has 6 heteroatoms. The van der Waals surface area contributed by atoms with Gasteiger partial charge in [-0.3, -0.25) is 4.90 Å². The first-order chi connectivity index (χ1) is 13.1. The van der Waals surface area contributed by atoms with Gasteiger partial charge in [0, 0.05) is 30.6 Å². The van der Waals surface area contributed by atoms with Crippen LogP contribution in [0.2, 0.25) is 0 Å². The molecule has 1 N–H and O–H groups in total. The Hall–Kier alpha value is -2.23. The Kier molecular flexibility index (Phi) is 5.24. The average molecular weight is 365 g/mol. The van der Waals surface area contributed by atoms with Crippen molar-refractivity contribution in [3.63, 3.8) is 0 Å². The largest absolute Gasteiger partial charge is 0.373 e. The molecule has 1 saturated heterocycles. The molecule has 0 bridgehead atoms. The molecule has 1 aromatic heterocycles. The standard InChI is InChI=1S/C21H27N5O/c1-14-11-26(12-15(2)27-14)18-6-4-17(5-7-18)25-21-19-9-16(10-22)3-8-20(19)23-13-24-21/h3,8-9,13-15,17-18H,4-7,11-12H2,1-2H3,(H,23,24,25)/t14-,15+,17-,18-. The molecule has 142 valence electrons. The molecule has 2 heterocycles. The summed E-state index contributed by atoms with van der Waals surface area (Å²) >= 11 is 0. The van der Waals surface area contributed by atoms with Crippen molar-refractivity contribution in [2.45, 2.75) is 63.8 Å². The van der Waals surface area contributed by atoms with Crippen LogP contribution in [0, 0.1) is 11.3 Å². The van der Waals surface area contributed by atoms with E-state index < -0.39 is 0 Å². The Morgan fingerprint density at radius 2 is 1.85 bits per heavy atom. The van der Waals surface area contributed by atoms with E-state index in [-0.39, 0.29) is 0 Å². The summed E-state index contributed by atoms with van der Waals surface area (Å²) in [5.41, 5.74) is 1.51. The monoisotopic (exact) mass is 365 g/mol. The molecule has 4 rings (SSSR count). The van der Waals surface area contributed by atoms with Crippen molar-refractivity contribution in [2.75, 3.05) is 18.4 Å². The molecule has 2 aliphatic rings. The topological polar surface area (TPSA) is 74.1 Å². The fourth-order valence-corrected chi connectivity index (χ4v) is 4.54. The van der Waals surface area contributed by atoms with E-state index >= 15 is 0 Å². The lowest BCUT2D eigenvalue weighted by molar-refractivity contribution is -0.0842.